The van der Waals surface area contributed by atoms with Crippen LogP contribution in [0.3, 0.4) is 0 Å². The van der Waals surface area contributed by atoms with Gasteiger partial charge >= 0.3 is 6.03 Å². The molecule has 2 rings (SSSR count). The summed E-state index contributed by atoms with van der Waals surface area (Å²) in [4.78, 5) is 25.0. The topological polar surface area (TPSA) is 92.2 Å². The van der Waals surface area contributed by atoms with Crippen molar-refractivity contribution in [1.29, 1.82) is 0 Å². The number of aromatic nitrogens is 3. The summed E-state index contributed by atoms with van der Waals surface area (Å²) in [6.07, 6.45) is 1.82. The zero-order chi connectivity index (χ0) is 15.6. The van der Waals surface area contributed by atoms with Crippen molar-refractivity contribution in [2.45, 2.75) is 52.4 Å². The number of rotatable bonds is 6. The molecule has 1 aliphatic heterocycles. The SMILES string of the molecule is CC(C)NCc1cn(CCN2C(=O)NC(C)(C)C2=O)nn1. The van der Waals surface area contributed by atoms with Gasteiger partial charge in [0.2, 0.25) is 0 Å². The molecular formula is C13H22N6O2. The molecule has 21 heavy (non-hydrogen) atoms. The molecule has 0 atom stereocenters. The van der Waals surface area contributed by atoms with Crippen LogP contribution in [0.5, 0.6) is 0 Å². The largest absolute Gasteiger partial charge is 0.325 e. The molecule has 3 amide bonds. The van der Waals surface area contributed by atoms with Gasteiger partial charge in [-0.05, 0) is 13.8 Å². The number of urea groups is 1. The predicted octanol–water partition coefficient (Wildman–Crippen LogP) is 0.107. The molecule has 8 heteroatoms. The molecular weight excluding hydrogens is 272 g/mol. The molecule has 0 spiro atoms. The fourth-order valence-corrected chi connectivity index (χ4v) is 2.06. The van der Waals surface area contributed by atoms with Crippen LogP contribution in [-0.2, 0) is 17.9 Å². The van der Waals surface area contributed by atoms with Crippen LogP contribution in [0.25, 0.3) is 0 Å². The number of carbonyl (C=O) groups excluding carboxylic acids is 2. The zero-order valence-corrected chi connectivity index (χ0v) is 12.9. The summed E-state index contributed by atoms with van der Waals surface area (Å²) in [5.41, 5.74) is 0.00689. The number of nitrogens with one attached hydrogen (secondary N) is 2. The van der Waals surface area contributed by atoms with E-state index in [2.05, 4.69) is 34.8 Å². The molecule has 0 bridgehead atoms. The second kappa shape index (κ2) is 5.80. The van der Waals surface area contributed by atoms with Gasteiger partial charge in [-0.2, -0.15) is 0 Å². The van der Waals surface area contributed by atoms with Crippen molar-refractivity contribution in [3.05, 3.63) is 11.9 Å². The van der Waals surface area contributed by atoms with Gasteiger partial charge in [-0.1, -0.05) is 19.1 Å². The summed E-state index contributed by atoms with van der Waals surface area (Å²) in [5.74, 6) is -0.214. The van der Waals surface area contributed by atoms with E-state index >= 15 is 0 Å². The Morgan fingerprint density at radius 1 is 1.33 bits per heavy atom. The van der Waals surface area contributed by atoms with Crippen molar-refractivity contribution in [2.24, 2.45) is 0 Å². The van der Waals surface area contributed by atoms with Crippen molar-refractivity contribution in [2.75, 3.05) is 6.54 Å². The van der Waals surface area contributed by atoms with Crippen molar-refractivity contribution in [1.82, 2.24) is 30.5 Å². The van der Waals surface area contributed by atoms with Crippen LogP contribution in [0.4, 0.5) is 4.79 Å². The molecule has 0 aromatic carbocycles. The fourth-order valence-electron chi connectivity index (χ4n) is 2.06. The Balaban J connectivity index is 1.89. The van der Waals surface area contributed by atoms with Gasteiger partial charge in [0.25, 0.3) is 5.91 Å². The summed E-state index contributed by atoms with van der Waals surface area (Å²) in [6.45, 7) is 8.87. The molecule has 0 radical (unpaired) electrons. The first-order valence-corrected chi connectivity index (χ1v) is 7.06. The summed E-state index contributed by atoms with van der Waals surface area (Å²) in [6, 6.07) is 0.0233. The van der Waals surface area contributed by atoms with Crippen LogP contribution in [0, 0.1) is 0 Å². The van der Waals surface area contributed by atoms with E-state index in [-0.39, 0.29) is 18.5 Å². The van der Waals surface area contributed by atoms with Gasteiger partial charge in [-0.15, -0.1) is 5.10 Å². The molecule has 116 valence electrons. The Labute approximate surface area is 123 Å². The third-order valence-corrected chi connectivity index (χ3v) is 3.27. The highest BCUT2D eigenvalue weighted by molar-refractivity contribution is 6.06. The Bertz CT molecular complexity index is 537. The summed E-state index contributed by atoms with van der Waals surface area (Å²) < 4.78 is 1.64. The summed E-state index contributed by atoms with van der Waals surface area (Å²) in [7, 11) is 0. The van der Waals surface area contributed by atoms with E-state index in [1.807, 2.05) is 6.20 Å². The Hall–Kier alpha value is -1.96. The fraction of sp³-hybridized carbons (Fsp3) is 0.692. The third kappa shape index (κ3) is 3.57. The minimum atomic E-state index is -0.828. The monoisotopic (exact) mass is 294 g/mol. The number of hydrogen-bond donors (Lipinski definition) is 2. The van der Waals surface area contributed by atoms with E-state index in [1.165, 1.54) is 4.90 Å². The minimum Gasteiger partial charge on any atom is -0.324 e. The minimum absolute atomic E-state index is 0.214. The number of hydrogen-bond acceptors (Lipinski definition) is 5. The van der Waals surface area contributed by atoms with E-state index < -0.39 is 5.54 Å². The van der Waals surface area contributed by atoms with Crippen LogP contribution in [0.1, 0.15) is 33.4 Å². The average molecular weight is 294 g/mol. The molecule has 1 fully saturated rings. The maximum atomic E-state index is 12.0. The molecule has 1 aromatic rings. The van der Waals surface area contributed by atoms with Crippen molar-refractivity contribution in [3.63, 3.8) is 0 Å². The third-order valence-electron chi connectivity index (χ3n) is 3.27. The van der Waals surface area contributed by atoms with Gasteiger partial charge in [0.05, 0.1) is 18.8 Å². The molecule has 0 unspecified atom stereocenters. The van der Waals surface area contributed by atoms with Crippen molar-refractivity contribution < 1.29 is 9.59 Å². The van der Waals surface area contributed by atoms with Gasteiger partial charge in [0.15, 0.2) is 0 Å². The second-order valence-electron chi connectivity index (χ2n) is 6.02. The van der Waals surface area contributed by atoms with E-state index in [0.717, 1.165) is 5.69 Å². The highest BCUT2D eigenvalue weighted by Crippen LogP contribution is 2.16. The smallest absolute Gasteiger partial charge is 0.324 e. The number of amides is 3. The lowest BCUT2D eigenvalue weighted by molar-refractivity contribution is -0.130. The van der Waals surface area contributed by atoms with Crippen LogP contribution >= 0.6 is 0 Å². The highest BCUT2D eigenvalue weighted by Gasteiger charge is 2.43. The van der Waals surface area contributed by atoms with Crippen LogP contribution in [0.15, 0.2) is 6.20 Å². The lowest BCUT2D eigenvalue weighted by atomic mass is 10.1. The van der Waals surface area contributed by atoms with Gasteiger partial charge < -0.3 is 10.6 Å². The first kappa shape index (κ1) is 15.4. The summed E-state index contributed by atoms with van der Waals surface area (Å²) in [5, 5.41) is 13.9. The lowest BCUT2D eigenvalue weighted by Gasteiger charge is -2.15. The zero-order valence-electron chi connectivity index (χ0n) is 12.9. The maximum Gasteiger partial charge on any atom is 0.325 e. The summed E-state index contributed by atoms with van der Waals surface area (Å²) >= 11 is 0. The number of imide groups is 1. The Morgan fingerprint density at radius 2 is 2.05 bits per heavy atom. The predicted molar refractivity (Wildman–Crippen MR) is 76.3 cm³/mol. The highest BCUT2D eigenvalue weighted by atomic mass is 16.2. The van der Waals surface area contributed by atoms with E-state index in [9.17, 15) is 9.59 Å². The molecule has 8 nitrogen and oxygen atoms in total. The molecule has 1 saturated heterocycles. The van der Waals surface area contributed by atoms with Crippen LogP contribution in [0.2, 0.25) is 0 Å². The molecule has 2 N–H and O–H groups in total. The average Bonchev–Trinajstić information content (AvgIpc) is 2.90. The van der Waals surface area contributed by atoms with E-state index in [0.29, 0.717) is 19.1 Å². The Morgan fingerprint density at radius 3 is 2.62 bits per heavy atom. The second-order valence-corrected chi connectivity index (χ2v) is 6.02. The molecule has 0 saturated carbocycles. The maximum absolute atomic E-state index is 12.0. The standard InChI is InChI=1S/C13H22N6O2/c1-9(2)14-7-10-8-18(17-16-10)5-6-19-11(20)13(3,4)15-12(19)21/h8-9,14H,5-7H2,1-4H3,(H,15,21). The molecule has 2 heterocycles. The quantitative estimate of drug-likeness (QED) is 0.726. The first-order chi connectivity index (χ1) is 9.79. The lowest BCUT2D eigenvalue weighted by Crippen LogP contribution is -2.40. The van der Waals surface area contributed by atoms with Crippen molar-refractivity contribution >= 4 is 11.9 Å². The van der Waals surface area contributed by atoms with Gasteiger partial charge in [0, 0.05) is 18.8 Å². The van der Waals surface area contributed by atoms with E-state index in [4.69, 9.17) is 0 Å². The molecule has 1 aromatic heterocycles. The van der Waals surface area contributed by atoms with Gasteiger partial charge in [-0.25, -0.2) is 4.79 Å². The molecule has 0 aliphatic carbocycles. The van der Waals surface area contributed by atoms with E-state index in [1.54, 1.807) is 18.5 Å². The normalized spacial score (nSPS) is 17.7. The molecule has 1 aliphatic rings. The van der Waals surface area contributed by atoms with Crippen LogP contribution < -0.4 is 10.6 Å². The number of nitrogens with zero attached hydrogens (tertiary/aromatic N) is 4. The number of carbonyl (C=O) groups is 2. The van der Waals surface area contributed by atoms with Gasteiger partial charge in [-0.3, -0.25) is 14.4 Å². The Kier molecular flexibility index (Phi) is 4.26. The van der Waals surface area contributed by atoms with Crippen LogP contribution in [-0.4, -0.2) is 50.0 Å². The van der Waals surface area contributed by atoms with Gasteiger partial charge in [0.1, 0.15) is 5.54 Å². The first-order valence-electron chi connectivity index (χ1n) is 7.06. The van der Waals surface area contributed by atoms with Crippen molar-refractivity contribution in [3.8, 4) is 0 Å².